The molecule has 2 aromatic carbocycles. The van der Waals surface area contributed by atoms with Crippen molar-refractivity contribution in [1.82, 2.24) is 14.7 Å². The van der Waals surface area contributed by atoms with Crippen LogP contribution in [0.4, 0.5) is 11.4 Å². The predicted octanol–water partition coefficient (Wildman–Crippen LogP) is 3.68. The van der Waals surface area contributed by atoms with E-state index in [0.29, 0.717) is 35.8 Å². The average molecular weight is 479 g/mol. The number of anilines is 1. The second-order valence-corrected chi connectivity index (χ2v) is 7.98. The van der Waals surface area contributed by atoms with Crippen LogP contribution in [-0.2, 0) is 0 Å². The fourth-order valence-electron chi connectivity index (χ4n) is 3.93. The Balaban J connectivity index is 1.61. The topological polar surface area (TPSA) is 129 Å². The number of aromatic nitrogens is 2. The number of methoxy groups -OCH3 is 2. The quantitative estimate of drug-likeness (QED) is 0.404. The van der Waals surface area contributed by atoms with Crippen LogP contribution in [-0.4, -0.2) is 58.7 Å². The summed E-state index contributed by atoms with van der Waals surface area (Å²) in [7, 11) is 2.96. The minimum absolute atomic E-state index is 0.0433. The van der Waals surface area contributed by atoms with Gasteiger partial charge in [0.2, 0.25) is 0 Å². The summed E-state index contributed by atoms with van der Waals surface area (Å²) in [6, 6.07) is 10.4. The van der Waals surface area contributed by atoms with Gasteiger partial charge >= 0.3 is 0 Å². The number of hydrogen-bond donors (Lipinski definition) is 1. The predicted molar refractivity (Wildman–Crippen MR) is 127 cm³/mol. The maximum atomic E-state index is 13.3. The van der Waals surface area contributed by atoms with Crippen molar-refractivity contribution in [1.29, 1.82) is 0 Å². The van der Waals surface area contributed by atoms with Gasteiger partial charge in [-0.1, -0.05) is 0 Å². The third-order valence-corrected chi connectivity index (χ3v) is 5.79. The number of nitro groups is 1. The number of carbonyl (C=O) groups excluding carboxylic acids is 2. The van der Waals surface area contributed by atoms with Gasteiger partial charge in [0.25, 0.3) is 17.5 Å². The van der Waals surface area contributed by atoms with E-state index in [4.69, 9.17) is 9.47 Å². The van der Waals surface area contributed by atoms with E-state index < -0.39 is 10.8 Å². The maximum Gasteiger partial charge on any atom is 0.276 e. The highest BCUT2D eigenvalue weighted by Crippen LogP contribution is 2.34. The van der Waals surface area contributed by atoms with Crippen molar-refractivity contribution in [2.24, 2.45) is 0 Å². The summed E-state index contributed by atoms with van der Waals surface area (Å²) in [5.74, 6) is 0.0330. The number of carbonyl (C=O) groups is 2. The molecule has 0 unspecified atom stereocenters. The van der Waals surface area contributed by atoms with Gasteiger partial charge in [-0.3, -0.25) is 19.7 Å². The fourth-order valence-corrected chi connectivity index (χ4v) is 3.93. The monoisotopic (exact) mass is 479 g/mol. The van der Waals surface area contributed by atoms with E-state index in [1.54, 1.807) is 23.2 Å². The first-order valence-corrected chi connectivity index (χ1v) is 11.1. The van der Waals surface area contributed by atoms with Crippen LogP contribution < -0.4 is 14.8 Å². The molecule has 0 bridgehead atoms. The summed E-state index contributed by atoms with van der Waals surface area (Å²) in [5, 5.41) is 17.9. The molecule has 4 rings (SSSR count). The molecule has 0 atom stereocenters. The molecule has 1 aromatic heterocycles. The Labute approximate surface area is 201 Å². The molecule has 11 nitrogen and oxygen atoms in total. The van der Waals surface area contributed by atoms with Crippen molar-refractivity contribution in [3.8, 4) is 17.2 Å². The summed E-state index contributed by atoms with van der Waals surface area (Å²) in [6.45, 7) is 1.31. The molecule has 2 amide bonds. The number of piperidine rings is 1. The van der Waals surface area contributed by atoms with E-state index in [-0.39, 0.29) is 23.0 Å². The first kappa shape index (κ1) is 23.7. The number of non-ortho nitro benzene ring substituents is 1. The Morgan fingerprint density at radius 3 is 2.29 bits per heavy atom. The number of nitro benzene ring substituents is 1. The van der Waals surface area contributed by atoms with Crippen LogP contribution in [0.15, 0.2) is 48.7 Å². The van der Waals surface area contributed by atoms with Gasteiger partial charge in [0.05, 0.1) is 36.1 Å². The van der Waals surface area contributed by atoms with Crippen LogP contribution in [0.3, 0.4) is 0 Å². The van der Waals surface area contributed by atoms with Crippen molar-refractivity contribution < 1.29 is 24.0 Å². The zero-order chi connectivity index (χ0) is 24.9. The van der Waals surface area contributed by atoms with Gasteiger partial charge in [-0.15, -0.1) is 0 Å². The van der Waals surface area contributed by atoms with E-state index in [9.17, 15) is 19.7 Å². The lowest BCUT2D eigenvalue weighted by molar-refractivity contribution is -0.384. The fraction of sp³-hybridized carbons (Fsp3) is 0.292. The molecular formula is C24H25N5O6. The number of hydrogen-bond acceptors (Lipinski definition) is 7. The van der Waals surface area contributed by atoms with Gasteiger partial charge in [-0.25, -0.2) is 4.68 Å². The van der Waals surface area contributed by atoms with Crippen molar-refractivity contribution in [2.75, 3.05) is 32.6 Å². The molecule has 1 N–H and O–H groups in total. The Bertz CT molecular complexity index is 1250. The summed E-state index contributed by atoms with van der Waals surface area (Å²) >= 11 is 0. The highest BCUT2D eigenvalue weighted by Gasteiger charge is 2.25. The zero-order valence-electron chi connectivity index (χ0n) is 19.4. The molecule has 3 aromatic rings. The lowest BCUT2D eigenvalue weighted by Gasteiger charge is -2.28. The summed E-state index contributed by atoms with van der Waals surface area (Å²) in [4.78, 5) is 38.5. The lowest BCUT2D eigenvalue weighted by Crippen LogP contribution is -2.36. The summed E-state index contributed by atoms with van der Waals surface area (Å²) in [6.07, 6.45) is 4.52. The van der Waals surface area contributed by atoms with Crippen LogP contribution in [0, 0.1) is 10.1 Å². The van der Waals surface area contributed by atoms with E-state index >= 15 is 0 Å². The number of benzene rings is 2. The van der Waals surface area contributed by atoms with E-state index in [0.717, 1.165) is 19.3 Å². The summed E-state index contributed by atoms with van der Waals surface area (Å²) < 4.78 is 12.2. The minimum Gasteiger partial charge on any atom is -0.493 e. The molecule has 1 saturated heterocycles. The molecule has 0 spiro atoms. The normalized spacial score (nSPS) is 13.3. The minimum atomic E-state index is -0.523. The van der Waals surface area contributed by atoms with Gasteiger partial charge in [-0.2, -0.15) is 5.10 Å². The first-order valence-electron chi connectivity index (χ1n) is 11.1. The highest BCUT2D eigenvalue weighted by atomic mass is 16.6. The molecule has 2 heterocycles. The van der Waals surface area contributed by atoms with Crippen molar-refractivity contribution in [3.63, 3.8) is 0 Å². The molecule has 182 valence electrons. The van der Waals surface area contributed by atoms with Gasteiger partial charge in [-0.05, 0) is 43.5 Å². The smallest absolute Gasteiger partial charge is 0.276 e. The highest BCUT2D eigenvalue weighted by molar-refractivity contribution is 6.08. The molecule has 1 fully saturated rings. The average Bonchev–Trinajstić information content (AvgIpc) is 3.39. The summed E-state index contributed by atoms with van der Waals surface area (Å²) in [5.41, 5.74) is 1.20. The van der Waals surface area contributed by atoms with Crippen molar-refractivity contribution in [3.05, 3.63) is 70.0 Å². The van der Waals surface area contributed by atoms with Crippen LogP contribution in [0.1, 0.15) is 40.1 Å². The molecule has 0 saturated carbocycles. The Hall–Kier alpha value is -4.41. The van der Waals surface area contributed by atoms with Crippen molar-refractivity contribution >= 4 is 23.2 Å². The molecular weight excluding hydrogens is 454 g/mol. The maximum absolute atomic E-state index is 13.3. The van der Waals surface area contributed by atoms with E-state index in [2.05, 4.69) is 10.4 Å². The SMILES string of the molecule is COc1cc(NC(=O)c2ccn(-c3ccc([N+](=O)[O-])cc3)n2)c(C(=O)N2CCCCC2)cc1OC. The molecule has 1 aliphatic rings. The van der Waals surface area contributed by atoms with Gasteiger partial charge in [0, 0.05) is 37.5 Å². The van der Waals surface area contributed by atoms with Crippen LogP contribution in [0.25, 0.3) is 5.69 Å². The second-order valence-electron chi connectivity index (χ2n) is 7.98. The molecule has 0 radical (unpaired) electrons. The van der Waals surface area contributed by atoms with E-state index in [1.165, 1.54) is 49.2 Å². The number of nitrogens with zero attached hydrogens (tertiary/aromatic N) is 4. The third kappa shape index (κ3) is 5.08. The van der Waals surface area contributed by atoms with Gasteiger partial charge < -0.3 is 19.7 Å². The lowest BCUT2D eigenvalue weighted by atomic mass is 10.1. The molecule has 11 heteroatoms. The van der Waals surface area contributed by atoms with Crippen LogP contribution >= 0.6 is 0 Å². The number of nitrogens with one attached hydrogen (secondary N) is 1. The Kier molecular flexibility index (Phi) is 6.95. The molecule has 1 aliphatic heterocycles. The van der Waals surface area contributed by atoms with Gasteiger partial charge in [0.1, 0.15) is 0 Å². The standard InChI is InChI=1S/C24H25N5O6/c1-34-21-14-18(24(31)27-11-4-3-5-12-27)20(15-22(21)35-2)25-23(30)19-10-13-28(26-19)16-6-8-17(9-7-16)29(32)33/h6-10,13-15H,3-5,11-12H2,1-2H3,(H,25,30). The Morgan fingerprint density at radius 2 is 1.66 bits per heavy atom. The van der Waals surface area contributed by atoms with E-state index in [1.807, 2.05) is 0 Å². The zero-order valence-corrected chi connectivity index (χ0v) is 19.4. The largest absolute Gasteiger partial charge is 0.493 e. The van der Waals surface area contributed by atoms with Gasteiger partial charge in [0.15, 0.2) is 17.2 Å². The molecule has 0 aliphatic carbocycles. The van der Waals surface area contributed by atoms with Crippen LogP contribution in [0.2, 0.25) is 0 Å². The Morgan fingerprint density at radius 1 is 1.00 bits per heavy atom. The second kappa shape index (κ2) is 10.2. The number of ether oxygens (including phenoxy) is 2. The third-order valence-electron chi connectivity index (χ3n) is 5.79. The number of rotatable bonds is 7. The number of amides is 2. The van der Waals surface area contributed by atoms with Crippen LogP contribution in [0.5, 0.6) is 11.5 Å². The van der Waals surface area contributed by atoms with Crippen molar-refractivity contribution in [2.45, 2.75) is 19.3 Å². The first-order chi connectivity index (χ1) is 16.9. The number of likely N-dealkylation sites (tertiary alicyclic amines) is 1. The molecule has 35 heavy (non-hydrogen) atoms.